The average molecular weight is 555 g/mol. The number of hydrogen-bond acceptors (Lipinski definition) is 3. The first kappa shape index (κ1) is 26.3. The zero-order chi connectivity index (χ0) is 27.9. The predicted octanol–water partition coefficient (Wildman–Crippen LogP) is 7.20. The van der Waals surface area contributed by atoms with E-state index in [1.807, 2.05) is 6.66 Å². The minimum atomic E-state index is -3.25. The van der Waals surface area contributed by atoms with Crippen molar-refractivity contribution in [2.75, 3.05) is 24.7 Å². The zero-order valence-corrected chi connectivity index (χ0v) is 25.7. The topological polar surface area (TPSA) is 40.6 Å². The van der Waals surface area contributed by atoms with E-state index in [0.717, 1.165) is 60.5 Å². The Balaban J connectivity index is 1.81. The second kappa shape index (κ2) is 9.07. The Labute approximate surface area is 232 Å². The fourth-order valence-corrected chi connectivity index (χ4v) is 12.3. The highest BCUT2D eigenvalue weighted by Crippen LogP contribution is 2.61. The van der Waals surface area contributed by atoms with Crippen LogP contribution in [-0.4, -0.2) is 24.4 Å². The van der Waals surface area contributed by atoms with Crippen LogP contribution in [0.2, 0.25) is 0 Å². The molecule has 200 valence electrons. The molecule has 4 aromatic rings. The fourth-order valence-electron chi connectivity index (χ4n) is 6.48. The van der Waals surface area contributed by atoms with Crippen molar-refractivity contribution in [3.05, 3.63) is 89.0 Å². The number of aryl methyl sites for hydroxylation is 4. The third kappa shape index (κ3) is 3.76. The van der Waals surface area contributed by atoms with Gasteiger partial charge in [-0.3, -0.25) is 4.57 Å². The molecule has 0 saturated heterocycles. The van der Waals surface area contributed by atoms with Crippen LogP contribution in [0.5, 0.6) is 0 Å². The summed E-state index contributed by atoms with van der Waals surface area (Å²) in [5.74, 6) is 0. The highest BCUT2D eigenvalue weighted by Gasteiger charge is 2.49. The molecule has 6 heteroatoms. The fraction of sp³-hybridized carbons (Fsp3) is 0.273. The maximum absolute atomic E-state index is 15.7. The van der Waals surface area contributed by atoms with Gasteiger partial charge in [-0.05, 0) is 81.9 Å². The van der Waals surface area contributed by atoms with E-state index in [0.29, 0.717) is 13.1 Å². The van der Waals surface area contributed by atoms with Crippen LogP contribution < -0.4 is 26.1 Å². The monoisotopic (exact) mass is 554 g/mol. The van der Waals surface area contributed by atoms with Crippen LogP contribution in [0, 0.1) is 27.7 Å². The van der Waals surface area contributed by atoms with Crippen molar-refractivity contribution in [1.82, 2.24) is 4.67 Å². The van der Waals surface area contributed by atoms with Crippen molar-refractivity contribution in [2.24, 2.45) is 0 Å². The lowest BCUT2D eigenvalue weighted by atomic mass is 10.00. The summed E-state index contributed by atoms with van der Waals surface area (Å²) >= 11 is 0. The summed E-state index contributed by atoms with van der Waals surface area (Å²) in [6.45, 7) is 15.7. The van der Waals surface area contributed by atoms with Gasteiger partial charge in [0.2, 0.25) is 7.29 Å². The van der Waals surface area contributed by atoms with E-state index in [4.69, 9.17) is 0 Å². The molecular weight excluding hydrogens is 518 g/mol. The number of anilines is 3. The lowest BCUT2D eigenvalue weighted by Gasteiger charge is -2.46. The van der Waals surface area contributed by atoms with E-state index in [1.165, 1.54) is 11.1 Å². The molecule has 2 aliphatic rings. The van der Waals surface area contributed by atoms with Gasteiger partial charge in [0, 0.05) is 23.7 Å². The third-order valence-corrected chi connectivity index (χ3v) is 14.2. The number of hydrogen-bond donors (Lipinski definition) is 0. The van der Waals surface area contributed by atoms with Crippen molar-refractivity contribution in [1.29, 1.82) is 0 Å². The Morgan fingerprint density at radius 3 is 1.72 bits per heavy atom. The smallest absolute Gasteiger partial charge is 0.211 e. The number of fused-ring (bicyclic) bond motifs is 4. The molecule has 0 saturated carbocycles. The Morgan fingerprint density at radius 1 is 0.615 bits per heavy atom. The van der Waals surface area contributed by atoms with Gasteiger partial charge in [0.1, 0.15) is 7.14 Å². The molecule has 2 aliphatic heterocycles. The van der Waals surface area contributed by atoms with Crippen LogP contribution in [0.15, 0.2) is 66.7 Å². The van der Waals surface area contributed by atoms with Gasteiger partial charge in [-0.25, -0.2) is 4.67 Å². The maximum Gasteiger partial charge on any atom is 0.211 e. The summed E-state index contributed by atoms with van der Waals surface area (Å²) in [5, 5.41) is 3.32. The van der Waals surface area contributed by atoms with Crippen molar-refractivity contribution >= 4 is 52.7 Å². The molecule has 0 amide bonds. The van der Waals surface area contributed by atoms with E-state index in [9.17, 15) is 4.57 Å². The van der Waals surface area contributed by atoms with E-state index in [1.54, 1.807) is 0 Å². The predicted molar refractivity (Wildman–Crippen MR) is 168 cm³/mol. The van der Waals surface area contributed by atoms with Gasteiger partial charge < -0.3 is 9.46 Å². The summed E-state index contributed by atoms with van der Waals surface area (Å²) < 4.78 is 32.8. The number of rotatable bonds is 4. The van der Waals surface area contributed by atoms with Crippen molar-refractivity contribution in [3.8, 4) is 11.1 Å². The van der Waals surface area contributed by atoms with Crippen molar-refractivity contribution in [2.45, 2.75) is 41.5 Å². The Hall–Kier alpha value is -2.90. The van der Waals surface area contributed by atoms with E-state index >= 15 is 4.57 Å². The number of nitrogens with zero attached hydrogens (tertiary/aromatic N) is 2. The van der Waals surface area contributed by atoms with Gasteiger partial charge in [-0.1, -0.05) is 66.4 Å². The minimum absolute atomic E-state index is 0.656. The van der Waals surface area contributed by atoms with Crippen LogP contribution in [0.4, 0.5) is 17.1 Å². The molecule has 0 radical (unpaired) electrons. The molecule has 4 aromatic carbocycles. The second-order valence-corrected chi connectivity index (χ2v) is 16.7. The first-order valence-electron chi connectivity index (χ1n) is 13.7. The van der Waals surface area contributed by atoms with Crippen molar-refractivity contribution in [3.63, 3.8) is 0 Å². The molecule has 0 spiro atoms. The molecule has 2 atom stereocenters. The molecular formula is C33H36N2O2P2. The zero-order valence-electron chi connectivity index (χ0n) is 23.9. The molecule has 0 bridgehead atoms. The normalized spacial score (nSPS) is 21.0. The van der Waals surface area contributed by atoms with Crippen LogP contribution in [0.25, 0.3) is 11.1 Å². The highest BCUT2D eigenvalue weighted by atomic mass is 31.2. The Kier molecular flexibility index (Phi) is 6.12. The first-order valence-corrected chi connectivity index (χ1v) is 17.6. The van der Waals surface area contributed by atoms with E-state index in [-0.39, 0.29) is 0 Å². The van der Waals surface area contributed by atoms with Crippen molar-refractivity contribution < 1.29 is 9.13 Å². The molecule has 2 heterocycles. The summed E-state index contributed by atoms with van der Waals surface area (Å²) in [6, 6.07) is 23.3. The largest absolute Gasteiger partial charge is 0.314 e. The quantitative estimate of drug-likeness (QED) is 0.250. The van der Waals surface area contributed by atoms with Crippen LogP contribution in [0.1, 0.15) is 36.1 Å². The SMILES string of the molecule is CCN(CC)P1(=O)c2cc(C)ccc2N2c3ccc(C)cc3P(C)(=O)c3cc(-c4cc(C)cc(C)c4)cc1c32. The summed E-state index contributed by atoms with van der Waals surface area (Å²) in [5.41, 5.74) is 9.24. The Morgan fingerprint density at radius 2 is 1.13 bits per heavy atom. The third-order valence-electron chi connectivity index (χ3n) is 8.29. The minimum Gasteiger partial charge on any atom is -0.314 e. The van der Waals surface area contributed by atoms with Gasteiger partial charge in [-0.2, -0.15) is 0 Å². The molecule has 0 aliphatic carbocycles. The van der Waals surface area contributed by atoms with Crippen LogP contribution in [-0.2, 0) is 9.13 Å². The molecule has 6 rings (SSSR count). The highest BCUT2D eigenvalue weighted by molar-refractivity contribution is 7.80. The molecule has 4 nitrogen and oxygen atoms in total. The molecule has 0 fully saturated rings. The Bertz CT molecular complexity index is 1750. The molecule has 0 aromatic heterocycles. The van der Waals surface area contributed by atoms with Gasteiger partial charge in [-0.15, -0.1) is 0 Å². The average Bonchev–Trinajstić information content (AvgIpc) is 2.89. The van der Waals surface area contributed by atoms with Crippen LogP contribution in [0.3, 0.4) is 0 Å². The summed E-state index contributed by atoms with van der Waals surface area (Å²) in [6.07, 6.45) is 0. The van der Waals surface area contributed by atoms with Gasteiger partial charge in [0.05, 0.1) is 27.7 Å². The molecule has 0 N–H and O–H groups in total. The molecule has 2 unspecified atom stereocenters. The standard InChI is InChI=1S/C33H36N2O2P2/c1-8-34(9-2)39(37)30-18-22(4)11-13-28(30)35-27-12-10-21(3)17-29(27)38(7,36)31-19-26(20-32(39)33(31)35)25-15-23(5)14-24(6)16-25/h10-20H,8-9H2,1-7H3. The lowest BCUT2D eigenvalue weighted by Crippen LogP contribution is -2.46. The lowest BCUT2D eigenvalue weighted by molar-refractivity contribution is 0.458. The summed E-state index contributed by atoms with van der Waals surface area (Å²) in [4.78, 5) is 2.23. The van der Waals surface area contributed by atoms with E-state index in [2.05, 4.69) is 118 Å². The van der Waals surface area contributed by atoms with E-state index < -0.39 is 14.4 Å². The van der Waals surface area contributed by atoms with Gasteiger partial charge in [0.15, 0.2) is 0 Å². The van der Waals surface area contributed by atoms with Crippen LogP contribution >= 0.6 is 14.4 Å². The first-order chi connectivity index (χ1) is 18.5. The molecule has 39 heavy (non-hydrogen) atoms. The van der Waals surface area contributed by atoms with Gasteiger partial charge >= 0.3 is 0 Å². The number of benzene rings is 4. The maximum atomic E-state index is 15.7. The van der Waals surface area contributed by atoms with Gasteiger partial charge in [0.25, 0.3) is 0 Å². The summed E-state index contributed by atoms with van der Waals surface area (Å²) in [7, 11) is -6.27. The second-order valence-electron chi connectivity index (χ2n) is 11.2.